The number of carbonyl (C=O) groups is 1. The summed E-state index contributed by atoms with van der Waals surface area (Å²) in [5.74, 6) is -4.49. The summed E-state index contributed by atoms with van der Waals surface area (Å²) in [6, 6.07) is 1.58. The van der Waals surface area contributed by atoms with Gasteiger partial charge in [0.05, 0.1) is 5.56 Å². The monoisotopic (exact) mass is 313 g/mol. The number of nitrogens with one attached hydrogen (secondary N) is 1. The molecule has 22 heavy (non-hydrogen) atoms. The highest BCUT2D eigenvalue weighted by molar-refractivity contribution is 5.94. The van der Waals surface area contributed by atoms with E-state index in [1.165, 1.54) is 0 Å². The van der Waals surface area contributed by atoms with Gasteiger partial charge in [-0.15, -0.1) is 10.2 Å². The molecule has 118 valence electrons. The molecule has 0 aliphatic carbocycles. The number of halogens is 3. The average Bonchev–Trinajstić information content (AvgIpc) is 2.94. The van der Waals surface area contributed by atoms with Crippen molar-refractivity contribution in [3.05, 3.63) is 46.9 Å². The maximum absolute atomic E-state index is 13.4. The van der Waals surface area contributed by atoms with E-state index in [0.29, 0.717) is 17.8 Å². The standard InChI is InChI=1S/C14H14F3N3O2/c1-7(2)14-20-19-10(22-14)5-6-18-13(21)8-3-4-9(15)12(17)11(8)16/h3-4,7H,5-6H2,1-2H3,(H,18,21). The second kappa shape index (κ2) is 6.59. The van der Waals surface area contributed by atoms with Crippen LogP contribution in [0.3, 0.4) is 0 Å². The molecular formula is C14H14F3N3O2. The Bertz CT molecular complexity index is 686. The van der Waals surface area contributed by atoms with E-state index < -0.39 is 28.9 Å². The Balaban J connectivity index is 1.94. The fraction of sp³-hybridized carbons (Fsp3) is 0.357. The van der Waals surface area contributed by atoms with Gasteiger partial charge in [-0.1, -0.05) is 13.8 Å². The highest BCUT2D eigenvalue weighted by Crippen LogP contribution is 2.15. The average molecular weight is 313 g/mol. The topological polar surface area (TPSA) is 68.0 Å². The van der Waals surface area contributed by atoms with Crippen molar-refractivity contribution in [2.45, 2.75) is 26.2 Å². The minimum absolute atomic E-state index is 0.0899. The van der Waals surface area contributed by atoms with Gasteiger partial charge in [0.2, 0.25) is 11.8 Å². The lowest BCUT2D eigenvalue weighted by Gasteiger charge is -2.05. The zero-order chi connectivity index (χ0) is 16.3. The summed E-state index contributed by atoms with van der Waals surface area (Å²) in [7, 11) is 0. The third-order valence-electron chi connectivity index (χ3n) is 2.88. The van der Waals surface area contributed by atoms with Crippen molar-refractivity contribution in [1.82, 2.24) is 15.5 Å². The molecule has 0 unspecified atom stereocenters. The van der Waals surface area contributed by atoms with Gasteiger partial charge in [0.1, 0.15) is 0 Å². The number of amides is 1. The van der Waals surface area contributed by atoms with Crippen molar-refractivity contribution in [1.29, 1.82) is 0 Å². The van der Waals surface area contributed by atoms with Crippen LogP contribution in [0, 0.1) is 17.5 Å². The number of benzene rings is 1. The van der Waals surface area contributed by atoms with Crippen LogP contribution in [0.25, 0.3) is 0 Å². The minimum Gasteiger partial charge on any atom is -0.425 e. The molecule has 2 rings (SSSR count). The summed E-state index contributed by atoms with van der Waals surface area (Å²) >= 11 is 0. The molecule has 5 nitrogen and oxygen atoms in total. The number of carbonyl (C=O) groups excluding carboxylic acids is 1. The maximum Gasteiger partial charge on any atom is 0.254 e. The molecule has 1 aromatic heterocycles. The van der Waals surface area contributed by atoms with Crippen LogP contribution in [0.15, 0.2) is 16.5 Å². The van der Waals surface area contributed by atoms with Crippen LogP contribution in [0.4, 0.5) is 13.2 Å². The van der Waals surface area contributed by atoms with Crippen molar-refractivity contribution in [2.24, 2.45) is 0 Å². The molecule has 1 heterocycles. The molecule has 0 aliphatic heterocycles. The summed E-state index contributed by atoms with van der Waals surface area (Å²) in [5, 5.41) is 10.0. The molecular weight excluding hydrogens is 299 g/mol. The Hall–Kier alpha value is -2.38. The number of nitrogens with zero attached hydrogens (tertiary/aromatic N) is 2. The van der Waals surface area contributed by atoms with Crippen LogP contribution in [0.1, 0.15) is 41.9 Å². The number of hydrogen-bond acceptors (Lipinski definition) is 4. The first kappa shape index (κ1) is 16.0. The van der Waals surface area contributed by atoms with Gasteiger partial charge in [-0.25, -0.2) is 13.2 Å². The van der Waals surface area contributed by atoms with Crippen molar-refractivity contribution in [2.75, 3.05) is 6.54 Å². The van der Waals surface area contributed by atoms with E-state index >= 15 is 0 Å². The van der Waals surface area contributed by atoms with Crippen LogP contribution in [-0.4, -0.2) is 22.6 Å². The first-order valence-corrected chi connectivity index (χ1v) is 6.64. The van der Waals surface area contributed by atoms with E-state index in [0.717, 1.165) is 6.07 Å². The lowest BCUT2D eigenvalue weighted by Crippen LogP contribution is -2.27. The van der Waals surface area contributed by atoms with Crippen molar-refractivity contribution in [3.8, 4) is 0 Å². The molecule has 0 radical (unpaired) electrons. The molecule has 0 saturated heterocycles. The minimum atomic E-state index is -1.67. The van der Waals surface area contributed by atoms with E-state index in [4.69, 9.17) is 4.42 Å². The summed E-state index contributed by atoms with van der Waals surface area (Å²) in [4.78, 5) is 11.7. The van der Waals surface area contributed by atoms with Crippen LogP contribution >= 0.6 is 0 Å². The molecule has 2 aromatic rings. The van der Waals surface area contributed by atoms with Gasteiger partial charge in [-0.05, 0) is 12.1 Å². The van der Waals surface area contributed by atoms with Gasteiger partial charge >= 0.3 is 0 Å². The van der Waals surface area contributed by atoms with E-state index in [1.807, 2.05) is 13.8 Å². The zero-order valence-electron chi connectivity index (χ0n) is 12.0. The number of hydrogen-bond donors (Lipinski definition) is 1. The normalized spacial score (nSPS) is 11.0. The lowest BCUT2D eigenvalue weighted by molar-refractivity contribution is 0.0948. The van der Waals surface area contributed by atoms with E-state index in [-0.39, 0.29) is 18.9 Å². The molecule has 8 heteroatoms. The Kier molecular flexibility index (Phi) is 4.79. The predicted molar refractivity (Wildman–Crippen MR) is 70.7 cm³/mol. The Morgan fingerprint density at radius 1 is 1.23 bits per heavy atom. The van der Waals surface area contributed by atoms with E-state index in [2.05, 4.69) is 15.5 Å². The summed E-state index contributed by atoms with van der Waals surface area (Å²) in [6.07, 6.45) is 0.247. The quantitative estimate of drug-likeness (QED) is 0.862. The van der Waals surface area contributed by atoms with Gasteiger partial charge in [-0.3, -0.25) is 4.79 Å². The Labute approximate surface area is 124 Å². The van der Waals surface area contributed by atoms with Crippen LogP contribution < -0.4 is 5.32 Å². The molecule has 0 spiro atoms. The highest BCUT2D eigenvalue weighted by Gasteiger charge is 2.18. The van der Waals surface area contributed by atoms with Crippen LogP contribution in [0.2, 0.25) is 0 Å². The summed E-state index contributed by atoms with van der Waals surface area (Å²) in [6.45, 7) is 3.88. The second-order valence-corrected chi connectivity index (χ2v) is 4.92. The molecule has 0 fully saturated rings. The molecule has 0 aliphatic rings. The second-order valence-electron chi connectivity index (χ2n) is 4.92. The first-order chi connectivity index (χ1) is 10.4. The third-order valence-corrected chi connectivity index (χ3v) is 2.88. The van der Waals surface area contributed by atoms with Crippen molar-refractivity contribution in [3.63, 3.8) is 0 Å². The molecule has 1 aromatic carbocycles. The Morgan fingerprint density at radius 2 is 1.95 bits per heavy atom. The molecule has 0 bridgehead atoms. The smallest absolute Gasteiger partial charge is 0.254 e. The number of rotatable bonds is 5. The SMILES string of the molecule is CC(C)c1nnc(CCNC(=O)c2ccc(F)c(F)c2F)o1. The largest absolute Gasteiger partial charge is 0.425 e. The maximum atomic E-state index is 13.4. The van der Waals surface area contributed by atoms with E-state index in [1.54, 1.807) is 0 Å². The van der Waals surface area contributed by atoms with E-state index in [9.17, 15) is 18.0 Å². The molecule has 0 atom stereocenters. The lowest BCUT2D eigenvalue weighted by atomic mass is 10.2. The molecule has 1 amide bonds. The molecule has 1 N–H and O–H groups in total. The van der Waals surface area contributed by atoms with Crippen molar-refractivity contribution >= 4 is 5.91 Å². The summed E-state index contributed by atoms with van der Waals surface area (Å²) in [5.41, 5.74) is -0.563. The third kappa shape index (κ3) is 3.44. The summed E-state index contributed by atoms with van der Waals surface area (Å²) < 4.78 is 44.6. The zero-order valence-corrected chi connectivity index (χ0v) is 12.0. The molecule has 0 saturated carbocycles. The fourth-order valence-electron chi connectivity index (χ4n) is 1.68. The Morgan fingerprint density at radius 3 is 2.59 bits per heavy atom. The van der Waals surface area contributed by atoms with Gasteiger partial charge in [0.25, 0.3) is 5.91 Å². The number of aromatic nitrogens is 2. The highest BCUT2D eigenvalue weighted by atomic mass is 19.2. The van der Waals surface area contributed by atoms with Gasteiger partial charge < -0.3 is 9.73 Å². The van der Waals surface area contributed by atoms with Crippen LogP contribution in [0.5, 0.6) is 0 Å². The van der Waals surface area contributed by atoms with Crippen molar-refractivity contribution < 1.29 is 22.4 Å². The van der Waals surface area contributed by atoms with Gasteiger partial charge in [0, 0.05) is 18.9 Å². The first-order valence-electron chi connectivity index (χ1n) is 6.64. The van der Waals surface area contributed by atoms with Gasteiger partial charge in [0.15, 0.2) is 17.5 Å². The fourth-order valence-corrected chi connectivity index (χ4v) is 1.68. The predicted octanol–water partition coefficient (Wildman–Crippen LogP) is 2.58. The van der Waals surface area contributed by atoms with Gasteiger partial charge in [-0.2, -0.15) is 0 Å². The van der Waals surface area contributed by atoms with Crippen LogP contribution in [-0.2, 0) is 6.42 Å².